The van der Waals surface area contributed by atoms with Crippen LogP contribution in [0.4, 0.5) is 5.69 Å². The van der Waals surface area contributed by atoms with Crippen LogP contribution < -0.4 is 10.8 Å². The van der Waals surface area contributed by atoms with E-state index in [4.69, 9.17) is 0 Å². The molecule has 0 bridgehead atoms. The van der Waals surface area contributed by atoms with Crippen molar-refractivity contribution in [2.75, 3.05) is 5.32 Å². The predicted octanol–water partition coefficient (Wildman–Crippen LogP) is 2.86. The second-order valence-electron chi connectivity index (χ2n) is 5.00. The van der Waals surface area contributed by atoms with Gasteiger partial charge in [-0.2, -0.15) is 0 Å². The maximum atomic E-state index is 12.2. The van der Waals surface area contributed by atoms with Crippen LogP contribution in [0.1, 0.15) is 13.3 Å². The molecule has 92 valence electrons. The minimum absolute atomic E-state index is 0.00523. The Morgan fingerprint density at radius 2 is 2.00 bits per heavy atom. The molecule has 18 heavy (non-hydrogen) atoms. The van der Waals surface area contributed by atoms with E-state index in [2.05, 4.69) is 25.0 Å². The molecule has 1 aromatic carbocycles. The summed E-state index contributed by atoms with van der Waals surface area (Å²) >= 11 is 0. The first kappa shape index (κ1) is 12.7. The zero-order chi connectivity index (χ0) is 13.1. The zero-order valence-electron chi connectivity index (χ0n) is 11.2. The molecule has 0 aromatic heterocycles. The van der Waals surface area contributed by atoms with Crippen molar-refractivity contribution >= 4 is 23.8 Å². The van der Waals surface area contributed by atoms with Gasteiger partial charge in [0, 0.05) is 11.3 Å². The fourth-order valence-electron chi connectivity index (χ4n) is 2.18. The van der Waals surface area contributed by atoms with E-state index in [1.165, 1.54) is 5.46 Å². The SMILES string of the molecule is CB(C)c1ccccc1NC(=O)C1=C(C)CC=C1. The summed E-state index contributed by atoms with van der Waals surface area (Å²) in [5.41, 5.74) is 4.02. The van der Waals surface area contributed by atoms with Crippen molar-refractivity contribution in [1.82, 2.24) is 0 Å². The van der Waals surface area contributed by atoms with Crippen molar-refractivity contribution in [3.8, 4) is 0 Å². The summed E-state index contributed by atoms with van der Waals surface area (Å²) < 4.78 is 0. The second-order valence-corrected chi connectivity index (χ2v) is 5.00. The molecule has 0 spiro atoms. The van der Waals surface area contributed by atoms with Crippen LogP contribution in [0, 0.1) is 0 Å². The van der Waals surface area contributed by atoms with E-state index in [9.17, 15) is 4.79 Å². The van der Waals surface area contributed by atoms with Crippen molar-refractivity contribution < 1.29 is 4.79 Å². The van der Waals surface area contributed by atoms with E-state index in [-0.39, 0.29) is 5.91 Å². The van der Waals surface area contributed by atoms with Gasteiger partial charge in [-0.1, -0.05) is 55.0 Å². The molecule has 0 heterocycles. The lowest BCUT2D eigenvalue weighted by atomic mass is 9.49. The molecule has 0 fully saturated rings. The minimum Gasteiger partial charge on any atom is -0.322 e. The van der Waals surface area contributed by atoms with Gasteiger partial charge in [-0.15, -0.1) is 0 Å². The van der Waals surface area contributed by atoms with Crippen molar-refractivity contribution in [3.05, 3.63) is 47.6 Å². The Kier molecular flexibility index (Phi) is 3.70. The molecule has 3 heteroatoms. The van der Waals surface area contributed by atoms with Gasteiger partial charge in [-0.05, 0) is 19.4 Å². The number of allylic oxidation sites excluding steroid dienone is 2. The highest BCUT2D eigenvalue weighted by molar-refractivity contribution is 6.72. The summed E-state index contributed by atoms with van der Waals surface area (Å²) in [5, 5.41) is 3.02. The van der Waals surface area contributed by atoms with Crippen molar-refractivity contribution in [3.63, 3.8) is 0 Å². The summed E-state index contributed by atoms with van der Waals surface area (Å²) in [5.74, 6) is -0.00523. The minimum atomic E-state index is -0.00523. The molecule has 1 aliphatic carbocycles. The summed E-state index contributed by atoms with van der Waals surface area (Å²) in [6.45, 7) is 6.66. The molecular weight excluding hydrogens is 221 g/mol. The molecule has 1 aromatic rings. The average molecular weight is 239 g/mol. The molecular formula is C15H18BNO. The Labute approximate surface area is 109 Å². The van der Waals surface area contributed by atoms with E-state index >= 15 is 0 Å². The molecule has 0 unspecified atom stereocenters. The summed E-state index contributed by atoms with van der Waals surface area (Å²) in [6, 6.07) is 7.98. The quantitative estimate of drug-likeness (QED) is 0.807. The highest BCUT2D eigenvalue weighted by Gasteiger charge is 2.16. The van der Waals surface area contributed by atoms with E-state index in [0.29, 0.717) is 6.71 Å². The van der Waals surface area contributed by atoms with Crippen LogP contribution in [0.15, 0.2) is 47.6 Å². The fourth-order valence-corrected chi connectivity index (χ4v) is 2.18. The number of para-hydroxylation sites is 1. The normalized spacial score (nSPS) is 13.9. The third-order valence-electron chi connectivity index (χ3n) is 3.24. The zero-order valence-corrected chi connectivity index (χ0v) is 11.2. The molecule has 2 nitrogen and oxygen atoms in total. The molecule has 1 aliphatic rings. The molecule has 1 amide bonds. The van der Waals surface area contributed by atoms with Gasteiger partial charge >= 0.3 is 0 Å². The number of benzene rings is 1. The van der Waals surface area contributed by atoms with E-state index in [1.54, 1.807) is 0 Å². The van der Waals surface area contributed by atoms with Crippen LogP contribution >= 0.6 is 0 Å². The van der Waals surface area contributed by atoms with Crippen LogP contribution in [0.5, 0.6) is 0 Å². The van der Waals surface area contributed by atoms with Gasteiger partial charge in [-0.25, -0.2) is 0 Å². The van der Waals surface area contributed by atoms with Crippen molar-refractivity contribution in [2.45, 2.75) is 27.0 Å². The molecule has 0 saturated carbocycles. The lowest BCUT2D eigenvalue weighted by molar-refractivity contribution is -0.112. The average Bonchev–Trinajstić information content (AvgIpc) is 2.76. The monoisotopic (exact) mass is 239 g/mol. The summed E-state index contributed by atoms with van der Waals surface area (Å²) in [7, 11) is 0. The number of carbonyl (C=O) groups is 1. The van der Waals surface area contributed by atoms with Gasteiger partial charge in [0.1, 0.15) is 0 Å². The molecule has 0 atom stereocenters. The Morgan fingerprint density at radius 3 is 2.61 bits per heavy atom. The van der Waals surface area contributed by atoms with Gasteiger partial charge in [0.05, 0.1) is 0 Å². The number of carbonyl (C=O) groups excluding carboxylic acids is 1. The lowest BCUT2D eigenvalue weighted by Crippen LogP contribution is -2.28. The standard InChI is InChI=1S/C15H18BNO/c1-11-7-6-8-12(11)15(18)17-14-10-5-4-9-13(14)16(2)3/h4-6,8-10H,7H2,1-3H3,(H,17,18). The Balaban J connectivity index is 2.22. The van der Waals surface area contributed by atoms with E-state index in [0.717, 1.165) is 23.3 Å². The summed E-state index contributed by atoms with van der Waals surface area (Å²) in [6.07, 6.45) is 4.82. The molecule has 0 saturated heterocycles. The first-order valence-corrected chi connectivity index (χ1v) is 6.36. The van der Waals surface area contributed by atoms with E-state index < -0.39 is 0 Å². The highest BCUT2D eigenvalue weighted by atomic mass is 16.1. The third kappa shape index (κ3) is 2.56. The second kappa shape index (κ2) is 5.26. The molecule has 1 N–H and O–H groups in total. The Bertz CT molecular complexity index is 529. The third-order valence-corrected chi connectivity index (χ3v) is 3.24. The van der Waals surface area contributed by atoms with Crippen LogP contribution in [-0.2, 0) is 4.79 Å². The summed E-state index contributed by atoms with van der Waals surface area (Å²) in [4.78, 5) is 12.2. The van der Waals surface area contributed by atoms with Gasteiger partial charge in [-0.3, -0.25) is 4.79 Å². The van der Waals surface area contributed by atoms with Gasteiger partial charge in [0.25, 0.3) is 5.91 Å². The number of anilines is 1. The largest absolute Gasteiger partial charge is 0.322 e. The maximum absolute atomic E-state index is 12.2. The fraction of sp³-hybridized carbons (Fsp3) is 0.267. The first-order chi connectivity index (χ1) is 8.59. The number of amides is 1. The first-order valence-electron chi connectivity index (χ1n) is 6.36. The smallest absolute Gasteiger partial charge is 0.255 e. The number of nitrogens with one attached hydrogen (secondary N) is 1. The number of rotatable bonds is 3. The highest BCUT2D eigenvalue weighted by Crippen LogP contribution is 2.19. The topological polar surface area (TPSA) is 29.1 Å². The van der Waals surface area contributed by atoms with Gasteiger partial charge in [0.15, 0.2) is 6.71 Å². The van der Waals surface area contributed by atoms with E-state index in [1.807, 2.05) is 37.3 Å². The lowest BCUT2D eigenvalue weighted by Gasteiger charge is -2.12. The number of hydrogen-bond acceptors (Lipinski definition) is 1. The number of hydrogen-bond donors (Lipinski definition) is 1. The molecule has 0 radical (unpaired) electrons. The van der Waals surface area contributed by atoms with Gasteiger partial charge in [0.2, 0.25) is 0 Å². The Morgan fingerprint density at radius 1 is 1.28 bits per heavy atom. The van der Waals surface area contributed by atoms with Gasteiger partial charge < -0.3 is 5.32 Å². The maximum Gasteiger partial charge on any atom is 0.255 e. The molecule has 0 aliphatic heterocycles. The van der Waals surface area contributed by atoms with Crippen LogP contribution in [0.2, 0.25) is 13.6 Å². The van der Waals surface area contributed by atoms with Crippen LogP contribution in [0.3, 0.4) is 0 Å². The van der Waals surface area contributed by atoms with Crippen LogP contribution in [0.25, 0.3) is 0 Å². The predicted molar refractivity (Wildman–Crippen MR) is 78.6 cm³/mol. The van der Waals surface area contributed by atoms with Crippen LogP contribution in [-0.4, -0.2) is 12.6 Å². The van der Waals surface area contributed by atoms with Crippen molar-refractivity contribution in [2.24, 2.45) is 0 Å². The van der Waals surface area contributed by atoms with Crippen molar-refractivity contribution in [1.29, 1.82) is 0 Å². The Hall–Kier alpha value is -1.77. The molecule has 2 rings (SSSR count).